The van der Waals surface area contributed by atoms with E-state index in [-0.39, 0.29) is 17.5 Å². The van der Waals surface area contributed by atoms with Gasteiger partial charge < -0.3 is 9.84 Å². The van der Waals surface area contributed by atoms with Crippen LogP contribution in [0.25, 0.3) is 0 Å². The Labute approximate surface area is 93.8 Å². The number of rotatable bonds is 5. The molecule has 1 aromatic rings. The minimum atomic E-state index is -0.475. The largest absolute Gasteiger partial charge is 0.490 e. The van der Waals surface area contributed by atoms with Crippen LogP contribution in [0.2, 0.25) is 0 Å². The van der Waals surface area contributed by atoms with E-state index in [9.17, 15) is 10.1 Å². The maximum atomic E-state index is 10.6. The Morgan fingerprint density at radius 2 is 2.25 bits per heavy atom. The Morgan fingerprint density at radius 3 is 2.75 bits per heavy atom. The number of aryl methyl sites for hydroxylation is 1. The summed E-state index contributed by atoms with van der Waals surface area (Å²) < 4.78 is 4.95. The van der Waals surface area contributed by atoms with E-state index in [1.54, 1.807) is 19.1 Å². The molecule has 0 aliphatic heterocycles. The summed E-state index contributed by atoms with van der Waals surface area (Å²) in [6, 6.07) is 4.75. The Balaban J connectivity index is 2.86. The molecule has 88 valence electrons. The number of aliphatic hydroxyl groups excluding tert-OH is 1. The van der Waals surface area contributed by atoms with Crippen molar-refractivity contribution in [3.63, 3.8) is 0 Å². The molecule has 0 spiro atoms. The van der Waals surface area contributed by atoms with Crippen LogP contribution >= 0.6 is 0 Å². The first kappa shape index (κ1) is 12.4. The van der Waals surface area contributed by atoms with Crippen LogP contribution in [-0.4, -0.2) is 23.2 Å². The van der Waals surface area contributed by atoms with Gasteiger partial charge in [-0.05, 0) is 31.4 Å². The fourth-order valence-corrected chi connectivity index (χ4v) is 1.40. The lowest BCUT2D eigenvalue weighted by Gasteiger charge is -2.06. The predicted molar refractivity (Wildman–Crippen MR) is 59.7 cm³/mol. The van der Waals surface area contributed by atoms with Crippen molar-refractivity contribution in [1.29, 1.82) is 0 Å². The average molecular weight is 225 g/mol. The molecule has 0 radical (unpaired) electrons. The lowest BCUT2D eigenvalue weighted by atomic mass is 10.1. The van der Waals surface area contributed by atoms with Crippen LogP contribution in [0.15, 0.2) is 18.2 Å². The number of ether oxygens (including phenoxy) is 1. The third-order valence-corrected chi connectivity index (χ3v) is 2.29. The Hall–Kier alpha value is -1.62. The topological polar surface area (TPSA) is 72.6 Å². The number of nitro benzene ring substituents is 1. The molecular formula is C11H15NO4. The summed E-state index contributed by atoms with van der Waals surface area (Å²) in [7, 11) is 1.40. The van der Waals surface area contributed by atoms with Gasteiger partial charge in [0, 0.05) is 6.07 Å². The van der Waals surface area contributed by atoms with Gasteiger partial charge in [-0.15, -0.1) is 0 Å². The number of hydrogen-bond donors (Lipinski definition) is 1. The molecule has 1 rings (SSSR count). The van der Waals surface area contributed by atoms with E-state index in [1.165, 1.54) is 13.2 Å². The van der Waals surface area contributed by atoms with E-state index in [4.69, 9.17) is 9.84 Å². The standard InChI is InChI=1S/C11H15NO4/c1-8(13)3-4-9-5-6-10(12(14)15)11(7-9)16-2/h5-8,13H,3-4H2,1-2H3/t8-/m0/s1. The van der Waals surface area contributed by atoms with Crippen LogP contribution < -0.4 is 4.74 Å². The fourth-order valence-electron chi connectivity index (χ4n) is 1.40. The molecule has 0 aliphatic carbocycles. The number of nitro groups is 1. The van der Waals surface area contributed by atoms with E-state index < -0.39 is 4.92 Å². The van der Waals surface area contributed by atoms with E-state index in [1.807, 2.05) is 0 Å². The lowest BCUT2D eigenvalue weighted by molar-refractivity contribution is -0.385. The molecule has 0 aromatic heterocycles. The maximum Gasteiger partial charge on any atom is 0.310 e. The zero-order chi connectivity index (χ0) is 12.1. The third-order valence-electron chi connectivity index (χ3n) is 2.29. The zero-order valence-electron chi connectivity index (χ0n) is 9.34. The van der Waals surface area contributed by atoms with Gasteiger partial charge in [-0.25, -0.2) is 0 Å². The van der Waals surface area contributed by atoms with Crippen molar-refractivity contribution in [2.45, 2.75) is 25.9 Å². The molecule has 1 atom stereocenters. The van der Waals surface area contributed by atoms with Crippen molar-refractivity contribution in [2.75, 3.05) is 7.11 Å². The molecule has 1 aromatic carbocycles. The first-order valence-electron chi connectivity index (χ1n) is 5.04. The van der Waals surface area contributed by atoms with Crippen LogP contribution in [0.1, 0.15) is 18.9 Å². The molecule has 0 fully saturated rings. The summed E-state index contributed by atoms with van der Waals surface area (Å²) in [5.41, 5.74) is 0.881. The van der Waals surface area contributed by atoms with Crippen molar-refractivity contribution in [3.05, 3.63) is 33.9 Å². The average Bonchev–Trinajstić information content (AvgIpc) is 2.25. The monoisotopic (exact) mass is 225 g/mol. The summed E-state index contributed by atoms with van der Waals surface area (Å²) in [5, 5.41) is 19.8. The van der Waals surface area contributed by atoms with E-state index in [0.29, 0.717) is 12.8 Å². The molecule has 5 nitrogen and oxygen atoms in total. The molecular weight excluding hydrogens is 210 g/mol. The van der Waals surface area contributed by atoms with E-state index in [0.717, 1.165) is 5.56 Å². The van der Waals surface area contributed by atoms with Crippen molar-refractivity contribution in [2.24, 2.45) is 0 Å². The molecule has 0 aliphatic rings. The van der Waals surface area contributed by atoms with E-state index in [2.05, 4.69) is 0 Å². The van der Waals surface area contributed by atoms with Crippen molar-refractivity contribution in [3.8, 4) is 5.75 Å². The van der Waals surface area contributed by atoms with Crippen LogP contribution in [-0.2, 0) is 6.42 Å². The quantitative estimate of drug-likeness (QED) is 0.613. The highest BCUT2D eigenvalue weighted by molar-refractivity contribution is 5.48. The summed E-state index contributed by atoms with van der Waals surface area (Å²) in [6.07, 6.45) is 0.925. The van der Waals surface area contributed by atoms with Crippen LogP contribution in [0.3, 0.4) is 0 Å². The van der Waals surface area contributed by atoms with Gasteiger partial charge in [-0.1, -0.05) is 6.07 Å². The lowest BCUT2D eigenvalue weighted by Crippen LogP contribution is -2.02. The van der Waals surface area contributed by atoms with Gasteiger partial charge in [0.1, 0.15) is 0 Å². The summed E-state index contributed by atoms with van der Waals surface area (Å²) >= 11 is 0. The fraction of sp³-hybridized carbons (Fsp3) is 0.455. The minimum absolute atomic E-state index is 0.0386. The molecule has 0 bridgehead atoms. The van der Waals surface area contributed by atoms with Gasteiger partial charge in [0.25, 0.3) is 0 Å². The van der Waals surface area contributed by atoms with E-state index >= 15 is 0 Å². The van der Waals surface area contributed by atoms with Gasteiger partial charge in [-0.2, -0.15) is 0 Å². The van der Waals surface area contributed by atoms with Gasteiger partial charge in [-0.3, -0.25) is 10.1 Å². The maximum absolute atomic E-state index is 10.6. The number of methoxy groups -OCH3 is 1. The first-order valence-corrected chi connectivity index (χ1v) is 5.04. The highest BCUT2D eigenvalue weighted by atomic mass is 16.6. The van der Waals surface area contributed by atoms with Crippen LogP contribution in [0, 0.1) is 10.1 Å². The molecule has 0 amide bonds. The minimum Gasteiger partial charge on any atom is -0.490 e. The third kappa shape index (κ3) is 3.20. The summed E-state index contributed by atoms with van der Waals surface area (Å²) in [6.45, 7) is 1.71. The van der Waals surface area contributed by atoms with Crippen LogP contribution in [0.4, 0.5) is 5.69 Å². The summed E-state index contributed by atoms with van der Waals surface area (Å²) in [5.74, 6) is 0.257. The van der Waals surface area contributed by atoms with Gasteiger partial charge >= 0.3 is 5.69 Å². The molecule has 5 heteroatoms. The molecule has 0 saturated carbocycles. The smallest absolute Gasteiger partial charge is 0.310 e. The predicted octanol–water partition coefficient (Wildman–Crippen LogP) is 1.92. The molecule has 0 unspecified atom stereocenters. The molecule has 16 heavy (non-hydrogen) atoms. The second kappa shape index (κ2) is 5.46. The number of hydrogen-bond acceptors (Lipinski definition) is 4. The number of nitrogens with zero attached hydrogens (tertiary/aromatic N) is 1. The molecule has 0 saturated heterocycles. The van der Waals surface area contributed by atoms with Crippen LogP contribution in [0.5, 0.6) is 5.75 Å². The highest BCUT2D eigenvalue weighted by Crippen LogP contribution is 2.27. The highest BCUT2D eigenvalue weighted by Gasteiger charge is 2.14. The second-order valence-corrected chi connectivity index (χ2v) is 3.65. The van der Waals surface area contributed by atoms with Gasteiger partial charge in [0.05, 0.1) is 18.1 Å². The van der Waals surface area contributed by atoms with Gasteiger partial charge in [0.2, 0.25) is 0 Å². The Morgan fingerprint density at radius 1 is 1.56 bits per heavy atom. The van der Waals surface area contributed by atoms with Crippen molar-refractivity contribution >= 4 is 5.69 Å². The zero-order valence-corrected chi connectivity index (χ0v) is 9.34. The molecule has 1 N–H and O–H groups in total. The number of aliphatic hydroxyl groups is 1. The first-order chi connectivity index (χ1) is 7.54. The second-order valence-electron chi connectivity index (χ2n) is 3.65. The SMILES string of the molecule is COc1cc(CC[C@H](C)O)ccc1[N+](=O)[O-]. The molecule has 0 heterocycles. The number of benzene rings is 1. The normalized spacial score (nSPS) is 12.2. The summed E-state index contributed by atoms with van der Waals surface area (Å²) in [4.78, 5) is 10.2. The van der Waals surface area contributed by atoms with Crippen molar-refractivity contribution in [1.82, 2.24) is 0 Å². The Kier molecular flexibility index (Phi) is 4.25. The van der Waals surface area contributed by atoms with Crippen molar-refractivity contribution < 1.29 is 14.8 Å². The Bertz CT molecular complexity index is 376. The van der Waals surface area contributed by atoms with Gasteiger partial charge in [0.15, 0.2) is 5.75 Å².